The van der Waals surface area contributed by atoms with Gasteiger partial charge in [-0.2, -0.15) is 8.78 Å². The molecule has 0 atom stereocenters. The first-order valence-electron chi connectivity index (χ1n) is 8.08. The molecule has 2 aromatic carbocycles. The van der Waals surface area contributed by atoms with Crippen LogP contribution in [0.25, 0.3) is 0 Å². The Bertz CT molecular complexity index is 780. The number of halogens is 2. The van der Waals surface area contributed by atoms with Crippen LogP contribution in [0.1, 0.15) is 16.7 Å². The predicted octanol–water partition coefficient (Wildman–Crippen LogP) is 3.27. The van der Waals surface area contributed by atoms with Crippen molar-refractivity contribution in [2.45, 2.75) is 20.1 Å². The highest BCUT2D eigenvalue weighted by Gasteiger charge is 2.10. The second kappa shape index (κ2) is 10.1. The normalized spacial score (nSPS) is 10.9. The van der Waals surface area contributed by atoms with E-state index in [-0.39, 0.29) is 24.0 Å². The molecule has 0 unspecified atom stereocenters. The van der Waals surface area contributed by atoms with Crippen molar-refractivity contribution in [1.82, 2.24) is 5.32 Å². The summed E-state index contributed by atoms with van der Waals surface area (Å²) in [5, 5.41) is 6.40. The summed E-state index contributed by atoms with van der Waals surface area (Å²) in [6, 6.07) is 12.1. The summed E-state index contributed by atoms with van der Waals surface area (Å²) in [6.45, 7) is -0.801. The smallest absolute Gasteiger partial charge is 0.387 e. The average Bonchev–Trinajstić information content (AvgIpc) is 2.65. The number of methoxy groups -OCH3 is 1. The maximum absolute atomic E-state index is 12.3. The van der Waals surface area contributed by atoms with Crippen LogP contribution in [0.15, 0.2) is 47.6 Å². The summed E-state index contributed by atoms with van der Waals surface area (Å²) in [7, 11) is 1.34. The van der Waals surface area contributed by atoms with Crippen molar-refractivity contribution in [3.63, 3.8) is 0 Å². The summed E-state index contributed by atoms with van der Waals surface area (Å²) in [6.07, 6.45) is 1.34. The lowest BCUT2D eigenvalue weighted by Gasteiger charge is -2.09. The molecule has 0 spiro atoms. The zero-order valence-corrected chi connectivity index (χ0v) is 14.9. The third-order valence-electron chi connectivity index (χ3n) is 3.49. The van der Waals surface area contributed by atoms with E-state index in [0.717, 1.165) is 11.1 Å². The molecule has 0 saturated carbocycles. The minimum absolute atomic E-state index is 0.0824. The van der Waals surface area contributed by atoms with Crippen LogP contribution < -0.4 is 14.8 Å². The van der Waals surface area contributed by atoms with E-state index in [1.807, 2.05) is 31.2 Å². The molecule has 27 heavy (non-hydrogen) atoms. The van der Waals surface area contributed by atoms with Gasteiger partial charge >= 0.3 is 6.61 Å². The highest BCUT2D eigenvalue weighted by Crippen LogP contribution is 2.28. The number of hydrogen-bond donors (Lipinski definition) is 1. The summed E-state index contributed by atoms with van der Waals surface area (Å²) >= 11 is 0. The minimum atomic E-state index is -2.94. The van der Waals surface area contributed by atoms with Gasteiger partial charge in [-0.15, -0.1) is 0 Å². The first kappa shape index (κ1) is 20.2. The molecule has 0 fully saturated rings. The van der Waals surface area contributed by atoms with Gasteiger partial charge in [0, 0.05) is 12.1 Å². The van der Waals surface area contributed by atoms with E-state index in [4.69, 9.17) is 9.57 Å². The van der Waals surface area contributed by atoms with Gasteiger partial charge in [-0.25, -0.2) is 0 Å². The molecule has 0 aliphatic carbocycles. The van der Waals surface area contributed by atoms with Crippen molar-refractivity contribution in [2.24, 2.45) is 5.16 Å². The Hall–Kier alpha value is -3.16. The predicted molar refractivity (Wildman–Crippen MR) is 96.2 cm³/mol. The molecule has 2 aromatic rings. The van der Waals surface area contributed by atoms with Crippen molar-refractivity contribution >= 4 is 12.1 Å². The van der Waals surface area contributed by atoms with Crippen LogP contribution in [0.3, 0.4) is 0 Å². The van der Waals surface area contributed by atoms with Crippen LogP contribution in [0.4, 0.5) is 8.78 Å². The standard InChI is InChI=1S/C19H20F2N2O4/c1-13-3-5-14(6-4-13)10-22-18(24)12-26-23-11-15-7-8-16(27-19(20)21)17(9-15)25-2/h3-9,11,19H,10,12H2,1-2H3,(H,22,24)/b23-11+. The van der Waals surface area contributed by atoms with Gasteiger partial charge in [-0.05, 0) is 30.7 Å². The molecule has 0 aliphatic heterocycles. The Morgan fingerprint density at radius 2 is 1.93 bits per heavy atom. The molecule has 0 heterocycles. The number of oxime groups is 1. The molecule has 0 aromatic heterocycles. The third-order valence-corrected chi connectivity index (χ3v) is 3.49. The third kappa shape index (κ3) is 6.93. The van der Waals surface area contributed by atoms with Crippen LogP contribution in [0.5, 0.6) is 11.5 Å². The number of nitrogens with one attached hydrogen (secondary N) is 1. The Labute approximate surface area is 155 Å². The fraction of sp³-hybridized carbons (Fsp3) is 0.263. The maximum Gasteiger partial charge on any atom is 0.387 e. The molecule has 8 heteroatoms. The Kier molecular flexibility index (Phi) is 7.54. The molecule has 144 valence electrons. The van der Waals surface area contributed by atoms with E-state index in [9.17, 15) is 13.6 Å². The molecule has 0 bridgehead atoms. The molecule has 2 rings (SSSR count). The number of nitrogens with zero attached hydrogens (tertiary/aromatic N) is 1. The molecular weight excluding hydrogens is 358 g/mol. The molecular formula is C19H20F2N2O4. The number of hydrogen-bond acceptors (Lipinski definition) is 5. The van der Waals surface area contributed by atoms with Gasteiger partial charge in [0.2, 0.25) is 0 Å². The number of alkyl halides is 2. The zero-order chi connectivity index (χ0) is 19.6. The van der Waals surface area contributed by atoms with Gasteiger partial charge in [-0.3, -0.25) is 4.79 Å². The number of rotatable bonds is 9. The largest absolute Gasteiger partial charge is 0.493 e. The van der Waals surface area contributed by atoms with E-state index >= 15 is 0 Å². The van der Waals surface area contributed by atoms with Gasteiger partial charge < -0.3 is 19.6 Å². The second-order valence-electron chi connectivity index (χ2n) is 5.56. The summed E-state index contributed by atoms with van der Waals surface area (Å²) in [5.74, 6) is -0.262. The first-order chi connectivity index (χ1) is 13.0. The van der Waals surface area contributed by atoms with E-state index in [2.05, 4.69) is 15.2 Å². The van der Waals surface area contributed by atoms with Gasteiger partial charge in [-0.1, -0.05) is 35.0 Å². The van der Waals surface area contributed by atoms with Gasteiger partial charge in [0.25, 0.3) is 5.91 Å². The van der Waals surface area contributed by atoms with Crippen molar-refractivity contribution in [1.29, 1.82) is 0 Å². The van der Waals surface area contributed by atoms with Crippen LogP contribution in [-0.4, -0.2) is 32.4 Å². The van der Waals surface area contributed by atoms with Crippen molar-refractivity contribution < 1.29 is 27.9 Å². The fourth-order valence-corrected chi connectivity index (χ4v) is 2.11. The maximum atomic E-state index is 12.3. The van der Waals surface area contributed by atoms with Gasteiger partial charge in [0.05, 0.1) is 13.3 Å². The van der Waals surface area contributed by atoms with Crippen molar-refractivity contribution in [3.8, 4) is 11.5 Å². The molecule has 0 saturated heterocycles. The lowest BCUT2D eigenvalue weighted by Crippen LogP contribution is -2.26. The second-order valence-corrected chi connectivity index (χ2v) is 5.56. The van der Waals surface area contributed by atoms with Crippen molar-refractivity contribution in [3.05, 3.63) is 59.2 Å². The Morgan fingerprint density at radius 1 is 1.19 bits per heavy atom. The molecule has 1 amide bonds. The Morgan fingerprint density at radius 3 is 2.59 bits per heavy atom. The topological polar surface area (TPSA) is 69.2 Å². The number of benzene rings is 2. The molecule has 6 nitrogen and oxygen atoms in total. The van der Waals surface area contributed by atoms with Crippen LogP contribution in [0, 0.1) is 6.92 Å². The molecule has 1 N–H and O–H groups in total. The van der Waals surface area contributed by atoms with Crippen LogP contribution in [0.2, 0.25) is 0 Å². The van der Waals surface area contributed by atoms with Crippen LogP contribution >= 0.6 is 0 Å². The number of amides is 1. The molecule has 0 radical (unpaired) electrons. The van der Waals surface area contributed by atoms with E-state index in [1.165, 1.54) is 31.5 Å². The van der Waals surface area contributed by atoms with E-state index in [0.29, 0.717) is 12.1 Å². The number of carbonyl (C=O) groups excluding carboxylic acids is 1. The summed E-state index contributed by atoms with van der Waals surface area (Å²) < 4.78 is 33.9. The van der Waals surface area contributed by atoms with Gasteiger partial charge in [0.15, 0.2) is 18.1 Å². The lowest BCUT2D eigenvalue weighted by molar-refractivity contribution is -0.125. The highest BCUT2D eigenvalue weighted by molar-refractivity contribution is 5.81. The number of aryl methyl sites for hydroxylation is 1. The van der Waals surface area contributed by atoms with Gasteiger partial charge in [0.1, 0.15) is 0 Å². The lowest BCUT2D eigenvalue weighted by atomic mass is 10.1. The fourth-order valence-electron chi connectivity index (χ4n) is 2.11. The van der Waals surface area contributed by atoms with E-state index in [1.54, 1.807) is 0 Å². The monoisotopic (exact) mass is 378 g/mol. The SMILES string of the molecule is COc1cc(/C=N/OCC(=O)NCc2ccc(C)cc2)ccc1OC(F)F. The highest BCUT2D eigenvalue weighted by atomic mass is 19.3. The van der Waals surface area contributed by atoms with Crippen molar-refractivity contribution in [2.75, 3.05) is 13.7 Å². The van der Waals surface area contributed by atoms with E-state index < -0.39 is 6.61 Å². The summed E-state index contributed by atoms with van der Waals surface area (Å²) in [5.41, 5.74) is 2.66. The summed E-state index contributed by atoms with van der Waals surface area (Å²) in [4.78, 5) is 16.7. The van der Waals surface area contributed by atoms with Crippen LogP contribution in [-0.2, 0) is 16.2 Å². The minimum Gasteiger partial charge on any atom is -0.493 e. The Balaban J connectivity index is 1.79. The number of carbonyl (C=O) groups is 1. The quantitative estimate of drug-likeness (QED) is 0.537. The molecule has 0 aliphatic rings. The number of ether oxygens (including phenoxy) is 2. The zero-order valence-electron chi connectivity index (χ0n) is 14.9. The average molecular weight is 378 g/mol. The first-order valence-corrected chi connectivity index (χ1v) is 8.08.